The summed E-state index contributed by atoms with van der Waals surface area (Å²) in [6.07, 6.45) is 0. The highest BCUT2D eigenvalue weighted by Gasteiger charge is 2.24. The Morgan fingerprint density at radius 3 is 1.35 bits per heavy atom. The third-order valence-corrected chi connectivity index (χ3v) is 11.5. The first-order chi connectivity index (χ1) is 28.3. The maximum atomic E-state index is 5.46. The van der Waals surface area contributed by atoms with Crippen molar-refractivity contribution in [3.63, 3.8) is 0 Å². The van der Waals surface area contributed by atoms with Gasteiger partial charge in [-0.1, -0.05) is 170 Å². The number of para-hydroxylation sites is 4. The van der Waals surface area contributed by atoms with Gasteiger partial charge in [-0.05, 0) is 35.4 Å². The monoisotopic (exact) mass is 727 g/mol. The van der Waals surface area contributed by atoms with E-state index in [4.69, 9.17) is 9.97 Å². The van der Waals surface area contributed by atoms with E-state index in [1.807, 2.05) is 12.1 Å². The summed E-state index contributed by atoms with van der Waals surface area (Å²) in [6, 6.07) is 71.2. The van der Waals surface area contributed by atoms with Crippen molar-refractivity contribution >= 4 is 65.4 Å². The van der Waals surface area contributed by atoms with Crippen LogP contribution in [0.2, 0.25) is 0 Å². The Labute approximate surface area is 327 Å². The highest BCUT2D eigenvalue weighted by atomic mass is 15.5. The molecule has 0 saturated heterocycles. The molecule has 12 aromatic rings. The summed E-state index contributed by atoms with van der Waals surface area (Å²) in [5, 5.41) is 7.15. The molecule has 8 aromatic carbocycles. The molecule has 12 rings (SSSR count). The largest absolute Gasteiger partial charge is 0.291 e. The predicted molar refractivity (Wildman–Crippen MR) is 236 cm³/mol. The molecule has 0 N–H and O–H groups in total. The molecular formula is C52H33N5. The number of rotatable bonds is 5. The van der Waals surface area contributed by atoms with Gasteiger partial charge < -0.3 is 0 Å². The second-order valence-electron chi connectivity index (χ2n) is 14.6. The molecule has 0 radical (unpaired) electrons. The van der Waals surface area contributed by atoms with Crippen LogP contribution in [0.4, 0.5) is 0 Å². The molecule has 4 heterocycles. The normalized spacial score (nSPS) is 11.9. The molecule has 0 aliphatic carbocycles. The van der Waals surface area contributed by atoms with Crippen LogP contribution in [0.1, 0.15) is 0 Å². The average molecular weight is 728 g/mol. The number of hydrogen-bond acceptors (Lipinski definition) is 2. The predicted octanol–water partition coefficient (Wildman–Crippen LogP) is 13.1. The second kappa shape index (κ2) is 12.4. The fourth-order valence-corrected chi connectivity index (χ4v) is 8.92. The summed E-state index contributed by atoms with van der Waals surface area (Å²) in [6.45, 7) is 0. The van der Waals surface area contributed by atoms with Gasteiger partial charge in [-0.25, -0.2) is 19.3 Å². The first-order valence-corrected chi connectivity index (χ1v) is 19.3. The fraction of sp³-hybridized carbons (Fsp3) is 0. The number of benzene rings is 8. The van der Waals surface area contributed by atoms with Crippen molar-refractivity contribution in [2.24, 2.45) is 0 Å². The minimum absolute atomic E-state index is 0.673. The Morgan fingerprint density at radius 1 is 0.298 bits per heavy atom. The Morgan fingerprint density at radius 2 is 0.737 bits per heavy atom. The molecule has 0 aliphatic heterocycles. The van der Waals surface area contributed by atoms with E-state index < -0.39 is 0 Å². The van der Waals surface area contributed by atoms with Crippen LogP contribution in [0.3, 0.4) is 0 Å². The van der Waals surface area contributed by atoms with E-state index in [2.05, 4.69) is 202 Å². The Bertz CT molecular complexity index is 3450. The van der Waals surface area contributed by atoms with Crippen molar-refractivity contribution < 1.29 is 0 Å². The van der Waals surface area contributed by atoms with Crippen LogP contribution < -0.4 is 0 Å². The third-order valence-electron chi connectivity index (χ3n) is 11.5. The third kappa shape index (κ3) is 4.76. The Balaban J connectivity index is 1.21. The first kappa shape index (κ1) is 31.6. The highest BCUT2D eigenvalue weighted by molar-refractivity contribution is 6.23. The van der Waals surface area contributed by atoms with Crippen LogP contribution in [-0.4, -0.2) is 23.9 Å². The molecule has 5 heteroatoms. The second-order valence-corrected chi connectivity index (χ2v) is 14.6. The highest BCUT2D eigenvalue weighted by Crippen LogP contribution is 2.42. The summed E-state index contributed by atoms with van der Waals surface area (Å²) in [5.74, 6) is 1.48. The fourth-order valence-electron chi connectivity index (χ4n) is 8.92. The van der Waals surface area contributed by atoms with Gasteiger partial charge in [-0.15, -0.1) is 0 Å². The molecule has 57 heavy (non-hydrogen) atoms. The van der Waals surface area contributed by atoms with Crippen molar-refractivity contribution in [3.8, 4) is 39.6 Å². The van der Waals surface area contributed by atoms with Crippen LogP contribution in [0.15, 0.2) is 200 Å². The topological polar surface area (TPSA) is 40.6 Å². The number of aromatic nitrogens is 5. The zero-order valence-corrected chi connectivity index (χ0v) is 30.8. The van der Waals surface area contributed by atoms with Gasteiger partial charge >= 0.3 is 0 Å². The molecule has 266 valence electrons. The average Bonchev–Trinajstić information content (AvgIpc) is 3.92. The smallest absolute Gasteiger partial charge is 0.162 e. The molecule has 0 fully saturated rings. The van der Waals surface area contributed by atoms with Crippen molar-refractivity contribution in [3.05, 3.63) is 200 Å². The van der Waals surface area contributed by atoms with Crippen molar-refractivity contribution in [1.29, 1.82) is 0 Å². The minimum Gasteiger partial charge on any atom is -0.291 e. The van der Waals surface area contributed by atoms with Gasteiger partial charge in [0.25, 0.3) is 0 Å². The van der Waals surface area contributed by atoms with Gasteiger partial charge in [0.1, 0.15) is 5.82 Å². The van der Waals surface area contributed by atoms with Crippen molar-refractivity contribution in [2.75, 3.05) is 0 Å². The summed E-state index contributed by atoms with van der Waals surface area (Å²) >= 11 is 0. The molecule has 0 unspecified atom stereocenters. The maximum absolute atomic E-state index is 5.46. The van der Waals surface area contributed by atoms with Crippen LogP contribution in [0.5, 0.6) is 0 Å². The van der Waals surface area contributed by atoms with Crippen LogP contribution >= 0.6 is 0 Å². The Kier molecular flexibility index (Phi) is 6.86. The number of fused-ring (bicyclic) bond motifs is 10. The summed E-state index contributed by atoms with van der Waals surface area (Å²) in [4.78, 5) is 10.7. The lowest BCUT2D eigenvalue weighted by atomic mass is 10.0. The lowest BCUT2D eigenvalue weighted by molar-refractivity contribution is 0.775. The lowest BCUT2D eigenvalue weighted by Crippen LogP contribution is -2.10. The van der Waals surface area contributed by atoms with Gasteiger partial charge in [0.2, 0.25) is 0 Å². The van der Waals surface area contributed by atoms with Crippen molar-refractivity contribution in [2.45, 2.75) is 0 Å². The number of hydrogen-bond donors (Lipinski definition) is 0. The lowest BCUT2D eigenvalue weighted by Gasteiger charge is -2.16. The molecule has 0 aliphatic rings. The van der Waals surface area contributed by atoms with Gasteiger partial charge in [0.15, 0.2) is 5.82 Å². The van der Waals surface area contributed by atoms with E-state index in [0.29, 0.717) is 5.82 Å². The molecule has 0 atom stereocenters. The minimum atomic E-state index is 0.673. The standard InChI is InChI=1S/C52H33N5/c1-3-15-34(16-4-1)35-27-29-37(30-28-35)52-53-44(36-17-5-2-6-18-36)33-49(54-52)55-45-23-11-7-21-40(45)42-31-32-43-41-22-10-14-26-48(41)57(51(43)50(42)55)56-46-24-12-8-19-38(46)39-20-9-13-25-47(39)56/h1-33H. The summed E-state index contributed by atoms with van der Waals surface area (Å²) in [7, 11) is 0. The summed E-state index contributed by atoms with van der Waals surface area (Å²) < 4.78 is 7.22. The van der Waals surface area contributed by atoms with Crippen molar-refractivity contribution in [1.82, 2.24) is 23.9 Å². The first-order valence-electron chi connectivity index (χ1n) is 19.3. The molecule has 0 saturated carbocycles. The molecule has 0 amide bonds. The van der Waals surface area contributed by atoms with E-state index in [-0.39, 0.29) is 0 Å². The molecule has 5 nitrogen and oxygen atoms in total. The molecule has 0 bridgehead atoms. The maximum Gasteiger partial charge on any atom is 0.162 e. The van der Waals surface area contributed by atoms with Gasteiger partial charge in [0, 0.05) is 49.5 Å². The number of nitrogens with zero attached hydrogens (tertiary/aromatic N) is 5. The van der Waals surface area contributed by atoms with Gasteiger partial charge in [-0.3, -0.25) is 4.57 Å². The summed E-state index contributed by atoms with van der Waals surface area (Å²) in [5.41, 5.74) is 11.9. The van der Waals surface area contributed by atoms with E-state index >= 15 is 0 Å². The van der Waals surface area contributed by atoms with Crippen LogP contribution in [0.25, 0.3) is 105 Å². The van der Waals surface area contributed by atoms with E-state index in [1.54, 1.807) is 0 Å². The molecule has 4 aromatic heterocycles. The molecular weight excluding hydrogens is 695 g/mol. The van der Waals surface area contributed by atoms with Crippen LogP contribution in [-0.2, 0) is 0 Å². The van der Waals surface area contributed by atoms with Crippen LogP contribution in [0, 0.1) is 0 Å². The van der Waals surface area contributed by atoms with Gasteiger partial charge in [-0.2, -0.15) is 0 Å². The Hall–Kier alpha value is -7.76. The zero-order chi connectivity index (χ0) is 37.5. The SMILES string of the molecule is c1ccc(-c2ccc(-c3nc(-c4ccccc4)cc(-n4c5ccccc5c5ccc6c7ccccc7n(-n7c8ccccc8c8ccccc87)c6c54)n3)cc2)cc1. The zero-order valence-electron chi connectivity index (χ0n) is 30.8. The quantitative estimate of drug-likeness (QED) is 0.177. The van der Waals surface area contributed by atoms with E-state index in [9.17, 15) is 0 Å². The van der Waals surface area contributed by atoms with Gasteiger partial charge in [0.05, 0.1) is 38.8 Å². The van der Waals surface area contributed by atoms with E-state index in [1.165, 1.54) is 32.5 Å². The molecule has 0 spiro atoms. The van der Waals surface area contributed by atoms with E-state index in [0.717, 1.165) is 66.7 Å².